The van der Waals surface area contributed by atoms with Crippen molar-refractivity contribution in [3.63, 3.8) is 0 Å². The van der Waals surface area contributed by atoms with Crippen LogP contribution in [0.25, 0.3) is 11.0 Å². The molecular weight excluding hydrogens is 222 g/mol. The van der Waals surface area contributed by atoms with E-state index in [0.717, 1.165) is 11.9 Å². The number of benzene rings is 1. The lowest BCUT2D eigenvalue weighted by molar-refractivity contribution is 0.517. The maximum absolute atomic E-state index is 6.09. The molecule has 0 unspecified atom stereocenters. The van der Waals surface area contributed by atoms with E-state index < -0.39 is 0 Å². The minimum absolute atomic E-state index is 0.161. The highest BCUT2D eigenvalue weighted by molar-refractivity contribution is 5.77. The predicted octanol–water partition coefficient (Wildman–Crippen LogP) is 2.73. The Bertz CT molecular complexity index is 586. The van der Waals surface area contributed by atoms with E-state index in [1.165, 1.54) is 29.7 Å². The number of imidazole rings is 1. The van der Waals surface area contributed by atoms with Gasteiger partial charge in [-0.25, -0.2) is 4.98 Å². The fourth-order valence-electron chi connectivity index (χ4n) is 2.60. The van der Waals surface area contributed by atoms with Gasteiger partial charge in [-0.15, -0.1) is 0 Å². The number of hydrogen-bond acceptors (Lipinski definition) is 2. The molecule has 1 aliphatic carbocycles. The summed E-state index contributed by atoms with van der Waals surface area (Å²) in [6, 6.07) is 6.52. The van der Waals surface area contributed by atoms with Crippen molar-refractivity contribution in [2.24, 2.45) is 12.8 Å². The topological polar surface area (TPSA) is 43.8 Å². The van der Waals surface area contributed by atoms with Gasteiger partial charge in [-0.05, 0) is 50.8 Å². The molecule has 2 aromatic rings. The number of aromatic nitrogens is 2. The molecule has 1 fully saturated rings. The van der Waals surface area contributed by atoms with Gasteiger partial charge in [-0.2, -0.15) is 0 Å². The molecule has 0 saturated heterocycles. The number of aryl methyl sites for hydroxylation is 1. The van der Waals surface area contributed by atoms with Crippen molar-refractivity contribution >= 4 is 11.0 Å². The summed E-state index contributed by atoms with van der Waals surface area (Å²) >= 11 is 0. The third-order valence-electron chi connectivity index (χ3n) is 3.58. The summed E-state index contributed by atoms with van der Waals surface area (Å²) < 4.78 is 2.25. The molecule has 1 aromatic carbocycles. The average Bonchev–Trinajstić information content (AvgIpc) is 3.04. The maximum atomic E-state index is 6.09. The highest BCUT2D eigenvalue weighted by atomic mass is 15.1. The van der Waals surface area contributed by atoms with Gasteiger partial charge in [0, 0.05) is 18.5 Å². The number of fused-ring (bicyclic) bond motifs is 1. The minimum atomic E-state index is -0.161. The first kappa shape index (κ1) is 11.7. The van der Waals surface area contributed by atoms with E-state index in [0.29, 0.717) is 5.92 Å². The Morgan fingerprint density at radius 2 is 2.11 bits per heavy atom. The van der Waals surface area contributed by atoms with Gasteiger partial charge in [0.2, 0.25) is 0 Å². The van der Waals surface area contributed by atoms with Crippen molar-refractivity contribution in [1.82, 2.24) is 9.55 Å². The van der Waals surface area contributed by atoms with Crippen LogP contribution in [0.15, 0.2) is 18.2 Å². The standard InChI is InChI=1S/C15H21N3/c1-15(2,16)9-10-4-7-12-13(8-10)18(3)14(17-12)11-5-6-11/h4,7-8,11H,5-6,9,16H2,1-3H3. The van der Waals surface area contributed by atoms with Crippen LogP contribution in [0.5, 0.6) is 0 Å². The summed E-state index contributed by atoms with van der Waals surface area (Å²) in [5.41, 5.74) is 9.57. The maximum Gasteiger partial charge on any atom is 0.112 e. The first-order valence-corrected chi connectivity index (χ1v) is 6.68. The Morgan fingerprint density at radius 1 is 1.39 bits per heavy atom. The molecule has 0 spiro atoms. The molecule has 0 amide bonds. The summed E-state index contributed by atoms with van der Waals surface area (Å²) in [5.74, 6) is 1.94. The van der Waals surface area contributed by atoms with Crippen LogP contribution < -0.4 is 5.73 Å². The fourth-order valence-corrected chi connectivity index (χ4v) is 2.60. The molecule has 0 aliphatic heterocycles. The third kappa shape index (κ3) is 2.15. The lowest BCUT2D eigenvalue weighted by atomic mass is 9.96. The van der Waals surface area contributed by atoms with Gasteiger partial charge in [-0.3, -0.25) is 0 Å². The fraction of sp³-hybridized carbons (Fsp3) is 0.533. The molecule has 1 saturated carbocycles. The van der Waals surface area contributed by atoms with Crippen LogP contribution in [0.4, 0.5) is 0 Å². The summed E-state index contributed by atoms with van der Waals surface area (Å²) in [4.78, 5) is 4.74. The number of nitrogens with two attached hydrogens (primary N) is 1. The molecule has 3 heteroatoms. The van der Waals surface area contributed by atoms with Gasteiger partial charge in [0.15, 0.2) is 0 Å². The monoisotopic (exact) mass is 243 g/mol. The van der Waals surface area contributed by atoms with Crippen LogP contribution in [0.3, 0.4) is 0 Å². The Kier molecular flexibility index (Phi) is 2.49. The van der Waals surface area contributed by atoms with Gasteiger partial charge >= 0.3 is 0 Å². The van der Waals surface area contributed by atoms with E-state index in [9.17, 15) is 0 Å². The van der Waals surface area contributed by atoms with Crippen LogP contribution in [0.2, 0.25) is 0 Å². The van der Waals surface area contributed by atoms with Crippen molar-refractivity contribution in [2.75, 3.05) is 0 Å². The average molecular weight is 243 g/mol. The molecule has 18 heavy (non-hydrogen) atoms. The number of hydrogen-bond donors (Lipinski definition) is 1. The summed E-state index contributed by atoms with van der Waals surface area (Å²) in [6.07, 6.45) is 3.48. The van der Waals surface area contributed by atoms with E-state index in [1.807, 2.05) is 0 Å². The Labute approximate surface area is 108 Å². The zero-order valence-corrected chi connectivity index (χ0v) is 11.4. The molecular formula is C15H21N3. The lowest BCUT2D eigenvalue weighted by Gasteiger charge is -2.18. The molecule has 1 heterocycles. The van der Waals surface area contributed by atoms with Crippen molar-refractivity contribution in [3.8, 4) is 0 Å². The van der Waals surface area contributed by atoms with E-state index >= 15 is 0 Å². The first-order valence-electron chi connectivity index (χ1n) is 6.68. The van der Waals surface area contributed by atoms with Gasteiger partial charge in [0.1, 0.15) is 5.82 Å². The van der Waals surface area contributed by atoms with Crippen LogP contribution in [0, 0.1) is 0 Å². The quantitative estimate of drug-likeness (QED) is 0.900. The van der Waals surface area contributed by atoms with Crippen molar-refractivity contribution in [3.05, 3.63) is 29.6 Å². The molecule has 96 valence electrons. The Morgan fingerprint density at radius 3 is 2.72 bits per heavy atom. The highest BCUT2D eigenvalue weighted by Gasteiger charge is 2.28. The summed E-state index contributed by atoms with van der Waals surface area (Å²) in [6.45, 7) is 4.13. The molecule has 1 aliphatic rings. The first-order chi connectivity index (χ1) is 8.44. The molecule has 0 atom stereocenters. The predicted molar refractivity (Wildman–Crippen MR) is 74.7 cm³/mol. The third-order valence-corrected chi connectivity index (χ3v) is 3.58. The molecule has 3 rings (SSSR count). The largest absolute Gasteiger partial charge is 0.331 e. The molecule has 2 N–H and O–H groups in total. The second-order valence-corrected chi connectivity index (χ2v) is 6.29. The summed E-state index contributed by atoms with van der Waals surface area (Å²) in [5, 5.41) is 0. The van der Waals surface area contributed by atoms with E-state index in [1.54, 1.807) is 0 Å². The van der Waals surface area contributed by atoms with E-state index in [-0.39, 0.29) is 5.54 Å². The number of nitrogens with zero attached hydrogens (tertiary/aromatic N) is 2. The Balaban J connectivity index is 2.03. The second-order valence-electron chi connectivity index (χ2n) is 6.29. The van der Waals surface area contributed by atoms with Crippen LogP contribution >= 0.6 is 0 Å². The molecule has 0 bridgehead atoms. The van der Waals surface area contributed by atoms with E-state index in [2.05, 4.69) is 43.7 Å². The van der Waals surface area contributed by atoms with Crippen molar-refractivity contribution < 1.29 is 0 Å². The van der Waals surface area contributed by atoms with Gasteiger partial charge in [-0.1, -0.05) is 6.07 Å². The van der Waals surface area contributed by atoms with Crippen molar-refractivity contribution in [2.45, 2.75) is 44.6 Å². The van der Waals surface area contributed by atoms with Crippen LogP contribution in [-0.4, -0.2) is 15.1 Å². The Hall–Kier alpha value is -1.35. The van der Waals surface area contributed by atoms with Crippen molar-refractivity contribution in [1.29, 1.82) is 0 Å². The normalized spacial score (nSPS) is 16.4. The summed E-state index contributed by atoms with van der Waals surface area (Å²) in [7, 11) is 2.13. The zero-order chi connectivity index (χ0) is 12.9. The van der Waals surface area contributed by atoms with Crippen LogP contribution in [-0.2, 0) is 13.5 Å². The zero-order valence-electron chi connectivity index (χ0n) is 11.4. The molecule has 0 radical (unpaired) electrons. The smallest absolute Gasteiger partial charge is 0.112 e. The lowest BCUT2D eigenvalue weighted by Crippen LogP contribution is -2.34. The van der Waals surface area contributed by atoms with Gasteiger partial charge < -0.3 is 10.3 Å². The molecule has 3 nitrogen and oxygen atoms in total. The molecule has 1 aromatic heterocycles. The SMILES string of the molecule is Cn1c(C2CC2)nc2ccc(CC(C)(C)N)cc21. The number of rotatable bonds is 3. The van der Waals surface area contributed by atoms with Gasteiger partial charge in [0.05, 0.1) is 11.0 Å². The van der Waals surface area contributed by atoms with Gasteiger partial charge in [0.25, 0.3) is 0 Å². The highest BCUT2D eigenvalue weighted by Crippen LogP contribution is 2.40. The second kappa shape index (κ2) is 3.82. The van der Waals surface area contributed by atoms with E-state index in [4.69, 9.17) is 10.7 Å². The minimum Gasteiger partial charge on any atom is -0.331 e. The van der Waals surface area contributed by atoms with Crippen LogP contribution in [0.1, 0.15) is 44.0 Å².